The van der Waals surface area contributed by atoms with Crippen molar-refractivity contribution in [1.29, 1.82) is 0 Å². The normalized spacial score (nSPS) is 17.8. The number of sulfonamides is 1. The number of fused-ring (bicyclic) bond motifs is 1. The van der Waals surface area contributed by atoms with Gasteiger partial charge in [0.2, 0.25) is 10.0 Å². The first-order valence-electron chi connectivity index (χ1n) is 8.22. The molecule has 4 N–H and O–H groups in total. The molecule has 0 fully saturated rings. The predicted octanol–water partition coefficient (Wildman–Crippen LogP) is 2.47. The van der Waals surface area contributed by atoms with Gasteiger partial charge in [0.1, 0.15) is 5.69 Å². The molecule has 9 nitrogen and oxygen atoms in total. The summed E-state index contributed by atoms with van der Waals surface area (Å²) < 4.78 is 29.3. The van der Waals surface area contributed by atoms with E-state index >= 15 is 0 Å². The molecule has 146 valence electrons. The predicted molar refractivity (Wildman–Crippen MR) is 104 cm³/mol. The number of rotatable bonds is 5. The number of benzene rings is 1. The van der Waals surface area contributed by atoms with Crippen LogP contribution < -0.4 is 15.8 Å². The molecule has 1 aromatic rings. The monoisotopic (exact) mass is 402 g/mol. The number of nitro benzene ring substituents is 1. The highest BCUT2D eigenvalue weighted by molar-refractivity contribution is 7.89. The summed E-state index contributed by atoms with van der Waals surface area (Å²) in [5.74, 6) is 0. The lowest BCUT2D eigenvalue weighted by molar-refractivity contribution is -0.384. The quantitative estimate of drug-likeness (QED) is 0.391. The zero-order valence-electron chi connectivity index (χ0n) is 15.6. The Hall–Kier alpha value is -1.69. The van der Waals surface area contributed by atoms with E-state index in [1.54, 1.807) is 0 Å². The van der Waals surface area contributed by atoms with Gasteiger partial charge < -0.3 is 15.1 Å². The Morgan fingerprint density at radius 2 is 2.00 bits per heavy atom. The number of nitrogens with one attached hydrogen (secondary N) is 2. The van der Waals surface area contributed by atoms with Crippen molar-refractivity contribution in [3.63, 3.8) is 0 Å². The van der Waals surface area contributed by atoms with E-state index in [1.165, 1.54) is 6.07 Å². The summed E-state index contributed by atoms with van der Waals surface area (Å²) in [6, 6.07) is 2.10. The van der Waals surface area contributed by atoms with E-state index in [2.05, 4.69) is 44.5 Å². The van der Waals surface area contributed by atoms with Gasteiger partial charge in [-0.15, -0.1) is 0 Å². The average molecular weight is 403 g/mol. The van der Waals surface area contributed by atoms with Crippen molar-refractivity contribution in [1.82, 2.24) is 0 Å². The first kappa shape index (κ1) is 20.6. The van der Waals surface area contributed by atoms with E-state index in [-0.39, 0.29) is 27.4 Å². The molecule has 2 rings (SSSR count). The topological polar surface area (TPSA) is 137 Å². The van der Waals surface area contributed by atoms with Crippen LogP contribution in [0.1, 0.15) is 20.8 Å². The fourth-order valence-electron chi connectivity index (χ4n) is 2.31. The van der Waals surface area contributed by atoms with Gasteiger partial charge in [-0.05, 0) is 24.2 Å². The largest absolute Gasteiger partial charge is 0.415 e. The third-order valence-electron chi connectivity index (χ3n) is 4.96. The molecule has 1 aromatic carbocycles. The molecule has 0 aromatic heterocycles. The number of primary sulfonamides is 1. The molecule has 1 heterocycles. The van der Waals surface area contributed by atoms with Crippen LogP contribution in [0.25, 0.3) is 0 Å². The van der Waals surface area contributed by atoms with E-state index in [9.17, 15) is 18.5 Å². The van der Waals surface area contributed by atoms with Crippen molar-refractivity contribution in [3.05, 3.63) is 22.2 Å². The molecule has 0 saturated heterocycles. The van der Waals surface area contributed by atoms with Crippen molar-refractivity contribution in [2.75, 3.05) is 23.8 Å². The smallest absolute Gasteiger partial charge is 0.295 e. The summed E-state index contributed by atoms with van der Waals surface area (Å²) in [4.78, 5) is 10.5. The molecular weight excluding hydrogens is 376 g/mol. The Morgan fingerprint density at radius 1 is 1.38 bits per heavy atom. The summed E-state index contributed by atoms with van der Waals surface area (Å²) in [6.07, 6.45) is 0. The Kier molecular flexibility index (Phi) is 5.39. The van der Waals surface area contributed by atoms with Crippen LogP contribution >= 0.6 is 0 Å². The fraction of sp³-hybridized carbons (Fsp3) is 0.600. The van der Waals surface area contributed by atoms with Crippen LogP contribution in [0.4, 0.5) is 17.1 Å². The summed E-state index contributed by atoms with van der Waals surface area (Å²) in [6.45, 7) is 11.5. The maximum atomic E-state index is 11.6. The molecule has 11 heteroatoms. The lowest BCUT2D eigenvalue weighted by atomic mass is 10.1. The van der Waals surface area contributed by atoms with Crippen LogP contribution in [0.5, 0.6) is 0 Å². The van der Waals surface area contributed by atoms with Gasteiger partial charge in [-0.2, -0.15) is 0 Å². The molecule has 1 aliphatic heterocycles. The second kappa shape index (κ2) is 6.80. The Balaban J connectivity index is 2.26. The molecule has 1 unspecified atom stereocenters. The lowest BCUT2D eigenvalue weighted by Crippen LogP contribution is -2.46. The number of nitrogens with two attached hydrogens (primary N) is 1. The molecule has 0 spiro atoms. The van der Waals surface area contributed by atoms with Gasteiger partial charge in [0.15, 0.2) is 8.32 Å². The Bertz CT molecular complexity index is 820. The molecule has 1 atom stereocenters. The molecule has 1 aliphatic rings. The van der Waals surface area contributed by atoms with Crippen molar-refractivity contribution in [2.24, 2.45) is 5.14 Å². The molecule has 0 aliphatic carbocycles. The highest BCUT2D eigenvalue weighted by Gasteiger charge is 2.38. The lowest BCUT2D eigenvalue weighted by Gasteiger charge is -2.38. The van der Waals surface area contributed by atoms with Crippen LogP contribution in [-0.2, 0) is 14.4 Å². The molecule has 26 heavy (non-hydrogen) atoms. The van der Waals surface area contributed by atoms with Crippen molar-refractivity contribution < 1.29 is 17.8 Å². The molecule has 0 saturated carbocycles. The highest BCUT2D eigenvalue weighted by Crippen LogP contribution is 2.39. The van der Waals surface area contributed by atoms with Gasteiger partial charge in [0, 0.05) is 12.6 Å². The minimum atomic E-state index is -4.04. The maximum absolute atomic E-state index is 11.6. The van der Waals surface area contributed by atoms with Crippen LogP contribution in [-0.4, -0.2) is 40.9 Å². The van der Waals surface area contributed by atoms with Gasteiger partial charge in [-0.1, -0.05) is 20.8 Å². The Labute approximate surface area is 154 Å². The fourth-order valence-corrected chi connectivity index (χ4v) is 3.92. The number of hydrogen-bond acceptors (Lipinski definition) is 7. The number of nitro groups is 1. The molecule has 0 amide bonds. The van der Waals surface area contributed by atoms with E-state index < -0.39 is 23.3 Å². The van der Waals surface area contributed by atoms with Gasteiger partial charge in [-0.3, -0.25) is 10.1 Å². The minimum Gasteiger partial charge on any atom is -0.415 e. The maximum Gasteiger partial charge on any atom is 0.295 e. The van der Waals surface area contributed by atoms with Crippen LogP contribution in [0.15, 0.2) is 17.0 Å². The zero-order chi connectivity index (χ0) is 19.9. The molecule has 0 bridgehead atoms. The van der Waals surface area contributed by atoms with Gasteiger partial charge in [0.25, 0.3) is 5.69 Å². The first-order chi connectivity index (χ1) is 11.7. The Morgan fingerprint density at radius 3 is 2.50 bits per heavy atom. The van der Waals surface area contributed by atoms with E-state index in [1.807, 2.05) is 0 Å². The van der Waals surface area contributed by atoms with Crippen molar-refractivity contribution in [2.45, 2.75) is 49.8 Å². The SMILES string of the molecule is CC(C)(C)[Si](C)(C)OCC1CNc2cc(S(N)(=O)=O)cc([N+](=O)[O-])c2N1. The summed E-state index contributed by atoms with van der Waals surface area (Å²) in [5.41, 5.74) is 0.250. The second-order valence-electron chi connectivity index (χ2n) is 7.96. The van der Waals surface area contributed by atoms with Crippen molar-refractivity contribution in [3.8, 4) is 0 Å². The summed E-state index contributed by atoms with van der Waals surface area (Å²) in [7, 11) is -5.99. The standard InChI is InChI=1S/C15H26N4O5SSi/c1-15(2,3)26(4,5)24-9-10-8-17-12-6-11(25(16,22)23)7-13(19(20)21)14(12)18-10/h6-7,10,17-18H,8-9H2,1-5H3,(H2,16,22,23). The van der Waals surface area contributed by atoms with Gasteiger partial charge >= 0.3 is 0 Å². The van der Waals surface area contributed by atoms with Crippen molar-refractivity contribution >= 4 is 35.4 Å². The van der Waals surface area contributed by atoms with Gasteiger partial charge in [-0.25, -0.2) is 13.6 Å². The second-order valence-corrected chi connectivity index (χ2v) is 14.3. The molecular formula is C15H26N4O5SSi. The van der Waals surface area contributed by atoms with E-state index in [0.717, 1.165) is 6.07 Å². The van der Waals surface area contributed by atoms with E-state index in [0.29, 0.717) is 18.8 Å². The first-order valence-corrected chi connectivity index (χ1v) is 12.7. The highest BCUT2D eigenvalue weighted by atomic mass is 32.2. The van der Waals surface area contributed by atoms with Gasteiger partial charge in [0.05, 0.1) is 28.2 Å². The number of hydrogen-bond donors (Lipinski definition) is 3. The zero-order valence-corrected chi connectivity index (χ0v) is 17.4. The third kappa shape index (κ3) is 4.34. The third-order valence-corrected chi connectivity index (χ3v) is 10.3. The number of nitrogens with zero attached hydrogens (tertiary/aromatic N) is 1. The molecule has 0 radical (unpaired) electrons. The number of anilines is 2. The average Bonchev–Trinajstić information content (AvgIpc) is 2.49. The minimum absolute atomic E-state index is 0.0589. The summed E-state index contributed by atoms with van der Waals surface area (Å²) in [5, 5.41) is 22.7. The van der Waals surface area contributed by atoms with Crippen LogP contribution in [0, 0.1) is 10.1 Å². The summed E-state index contributed by atoms with van der Waals surface area (Å²) >= 11 is 0. The van der Waals surface area contributed by atoms with E-state index in [4.69, 9.17) is 9.56 Å². The van der Waals surface area contributed by atoms with Crippen LogP contribution in [0.2, 0.25) is 18.1 Å². The van der Waals surface area contributed by atoms with Crippen LogP contribution in [0.3, 0.4) is 0 Å².